The quantitative estimate of drug-likeness (QED) is 0.302. The van der Waals surface area contributed by atoms with E-state index in [0.29, 0.717) is 12.3 Å². The number of phenols is 1. The van der Waals surface area contributed by atoms with E-state index in [2.05, 4.69) is 45.2 Å². The van der Waals surface area contributed by atoms with E-state index in [-0.39, 0.29) is 30.0 Å². The van der Waals surface area contributed by atoms with Gasteiger partial charge >= 0.3 is 0 Å². The van der Waals surface area contributed by atoms with Crippen molar-refractivity contribution in [2.45, 2.75) is 6.04 Å². The Hall–Kier alpha value is -2.40. The molecule has 2 N–H and O–H groups in total. The van der Waals surface area contributed by atoms with Crippen molar-refractivity contribution in [3.05, 3.63) is 48.0 Å². The smallest absolute Gasteiger partial charge is 0.193 e. The highest BCUT2D eigenvalue weighted by Crippen LogP contribution is 2.31. The Morgan fingerprint density at radius 2 is 1.73 bits per heavy atom. The van der Waals surface area contributed by atoms with Crippen LogP contribution in [0.3, 0.4) is 0 Å². The van der Waals surface area contributed by atoms with Crippen molar-refractivity contribution < 1.29 is 14.6 Å². The number of para-hydroxylation sites is 2. The number of methoxy groups -OCH3 is 2. The number of halogens is 1. The van der Waals surface area contributed by atoms with E-state index in [0.717, 1.165) is 54.9 Å². The second-order valence-electron chi connectivity index (χ2n) is 7.98. The van der Waals surface area contributed by atoms with E-state index in [4.69, 9.17) is 9.47 Å². The summed E-state index contributed by atoms with van der Waals surface area (Å²) >= 11 is 0. The Morgan fingerprint density at radius 3 is 2.30 bits per heavy atom. The molecule has 1 unspecified atom stereocenters. The summed E-state index contributed by atoms with van der Waals surface area (Å²) in [5, 5.41) is 13.7. The van der Waals surface area contributed by atoms with Crippen molar-refractivity contribution in [1.29, 1.82) is 0 Å². The third kappa shape index (κ3) is 6.57. The molecule has 33 heavy (non-hydrogen) atoms. The third-order valence-electron chi connectivity index (χ3n) is 5.88. The number of hydrogen-bond donors (Lipinski definition) is 2. The van der Waals surface area contributed by atoms with Crippen LogP contribution < -0.4 is 19.7 Å². The van der Waals surface area contributed by atoms with Crippen LogP contribution in [0, 0.1) is 0 Å². The van der Waals surface area contributed by atoms with Gasteiger partial charge in [0.1, 0.15) is 5.75 Å². The molecule has 0 spiro atoms. The van der Waals surface area contributed by atoms with Crippen molar-refractivity contribution >= 4 is 35.6 Å². The Kier molecular flexibility index (Phi) is 10.4. The van der Waals surface area contributed by atoms with E-state index < -0.39 is 0 Å². The van der Waals surface area contributed by atoms with Gasteiger partial charge in [-0.15, -0.1) is 24.0 Å². The van der Waals surface area contributed by atoms with Crippen molar-refractivity contribution in [3.63, 3.8) is 0 Å². The number of hydrogen-bond acceptors (Lipinski definition) is 6. The predicted molar refractivity (Wildman–Crippen MR) is 145 cm³/mol. The largest absolute Gasteiger partial charge is 0.506 e. The first-order chi connectivity index (χ1) is 15.5. The van der Waals surface area contributed by atoms with E-state index in [1.165, 1.54) is 0 Å². The van der Waals surface area contributed by atoms with Gasteiger partial charge in [0, 0.05) is 39.8 Å². The van der Waals surface area contributed by atoms with Gasteiger partial charge in [0.2, 0.25) is 0 Å². The molecule has 1 fully saturated rings. The Bertz CT molecular complexity index is 917. The molecular formula is C24H36IN5O3. The molecule has 1 atom stereocenters. The average molecular weight is 569 g/mol. The van der Waals surface area contributed by atoms with Crippen LogP contribution in [0.15, 0.2) is 47.5 Å². The topological polar surface area (TPSA) is 72.8 Å². The summed E-state index contributed by atoms with van der Waals surface area (Å²) in [6, 6.07) is 13.7. The number of phenolic OH excluding ortho intramolecular Hbond substituents is 1. The summed E-state index contributed by atoms with van der Waals surface area (Å²) in [7, 11) is 9.25. The maximum Gasteiger partial charge on any atom is 0.193 e. The highest BCUT2D eigenvalue weighted by Gasteiger charge is 2.23. The summed E-state index contributed by atoms with van der Waals surface area (Å²) < 4.78 is 10.9. The highest BCUT2D eigenvalue weighted by atomic mass is 127. The molecule has 0 radical (unpaired) electrons. The number of rotatable bonds is 7. The number of piperazine rings is 1. The van der Waals surface area contributed by atoms with Crippen molar-refractivity contribution in [2.75, 3.05) is 73.0 Å². The molecule has 182 valence electrons. The van der Waals surface area contributed by atoms with Gasteiger partial charge in [-0.05, 0) is 43.9 Å². The monoisotopic (exact) mass is 569 g/mol. The molecule has 2 aromatic rings. The number of anilines is 1. The lowest BCUT2D eigenvalue weighted by atomic mass is 10.1. The molecule has 3 rings (SSSR count). The van der Waals surface area contributed by atoms with Gasteiger partial charge in [-0.2, -0.15) is 0 Å². The second kappa shape index (κ2) is 12.7. The first kappa shape index (κ1) is 26.8. The lowest BCUT2D eigenvalue weighted by Gasteiger charge is -2.38. The Balaban J connectivity index is 0.00000385. The maximum absolute atomic E-state index is 10.1. The van der Waals surface area contributed by atoms with Crippen LogP contribution in [0.25, 0.3) is 0 Å². The zero-order valence-corrected chi connectivity index (χ0v) is 22.4. The molecule has 0 saturated carbocycles. The maximum atomic E-state index is 10.1. The minimum absolute atomic E-state index is 0. The first-order valence-corrected chi connectivity index (χ1v) is 10.8. The molecule has 1 aliphatic heterocycles. The Morgan fingerprint density at radius 1 is 1.06 bits per heavy atom. The highest BCUT2D eigenvalue weighted by molar-refractivity contribution is 14.0. The molecule has 9 heteroatoms. The van der Waals surface area contributed by atoms with Crippen LogP contribution in [0.1, 0.15) is 11.6 Å². The summed E-state index contributed by atoms with van der Waals surface area (Å²) in [4.78, 5) is 11.2. The van der Waals surface area contributed by atoms with Gasteiger partial charge in [-0.25, -0.2) is 0 Å². The Labute approximate surface area is 214 Å². The van der Waals surface area contributed by atoms with Crippen molar-refractivity contribution in [3.8, 4) is 17.2 Å². The number of nitrogens with one attached hydrogen (secondary N) is 1. The van der Waals surface area contributed by atoms with Gasteiger partial charge < -0.3 is 34.6 Å². The van der Waals surface area contributed by atoms with E-state index >= 15 is 0 Å². The molecule has 0 bridgehead atoms. The fourth-order valence-corrected chi connectivity index (χ4v) is 4.07. The number of aromatic hydroxyl groups is 1. The SMILES string of the molecule is CN=C(NCC(c1ccc(OC)c(OC)c1)N(C)C)N1CCN(c2ccccc2O)CC1.I. The fourth-order valence-electron chi connectivity index (χ4n) is 4.07. The van der Waals surface area contributed by atoms with Gasteiger partial charge in [0.25, 0.3) is 0 Å². The van der Waals surface area contributed by atoms with Crippen LogP contribution in [0.2, 0.25) is 0 Å². The molecule has 1 aliphatic rings. The standard InChI is InChI=1S/C24H35N5O3.HI/c1-25-24(29-14-12-28(13-15-29)19-8-6-7-9-21(19)30)26-17-20(27(2)3)18-10-11-22(31-4)23(16-18)32-5;/h6-11,16,20,30H,12-15,17H2,1-5H3,(H,25,26);1H. The number of benzene rings is 2. The molecule has 0 amide bonds. The molecule has 0 aliphatic carbocycles. The molecular weight excluding hydrogens is 533 g/mol. The minimum Gasteiger partial charge on any atom is -0.506 e. The van der Waals surface area contributed by atoms with Crippen LogP contribution in [-0.2, 0) is 0 Å². The predicted octanol–water partition coefficient (Wildman–Crippen LogP) is 3.03. The number of aliphatic imine (C=N–C) groups is 1. The summed E-state index contributed by atoms with van der Waals surface area (Å²) in [5.74, 6) is 2.66. The first-order valence-electron chi connectivity index (χ1n) is 10.8. The number of nitrogens with zero attached hydrogens (tertiary/aromatic N) is 4. The van der Waals surface area contributed by atoms with Crippen LogP contribution in [0.4, 0.5) is 5.69 Å². The minimum atomic E-state index is 0. The van der Waals surface area contributed by atoms with Crippen LogP contribution >= 0.6 is 24.0 Å². The summed E-state index contributed by atoms with van der Waals surface area (Å²) in [6.45, 7) is 4.01. The number of ether oxygens (including phenoxy) is 2. The fraction of sp³-hybridized carbons (Fsp3) is 0.458. The van der Waals surface area contributed by atoms with Crippen LogP contribution in [-0.4, -0.2) is 89.0 Å². The van der Waals surface area contributed by atoms with Crippen molar-refractivity contribution in [2.24, 2.45) is 4.99 Å². The lowest BCUT2D eigenvalue weighted by molar-refractivity contribution is 0.290. The summed E-state index contributed by atoms with van der Waals surface area (Å²) in [6.07, 6.45) is 0. The summed E-state index contributed by atoms with van der Waals surface area (Å²) in [5.41, 5.74) is 2.02. The van der Waals surface area contributed by atoms with E-state index in [1.54, 1.807) is 20.3 Å². The lowest BCUT2D eigenvalue weighted by Crippen LogP contribution is -2.53. The molecule has 0 aromatic heterocycles. The van der Waals surface area contributed by atoms with Crippen LogP contribution in [0.5, 0.6) is 17.2 Å². The van der Waals surface area contributed by atoms with Gasteiger partial charge in [-0.1, -0.05) is 18.2 Å². The normalized spacial score (nSPS) is 15.2. The zero-order chi connectivity index (χ0) is 23.1. The van der Waals surface area contributed by atoms with E-state index in [9.17, 15) is 5.11 Å². The third-order valence-corrected chi connectivity index (χ3v) is 5.88. The van der Waals surface area contributed by atoms with Gasteiger partial charge in [0.05, 0.1) is 25.9 Å². The number of guanidine groups is 1. The molecule has 8 nitrogen and oxygen atoms in total. The molecule has 1 saturated heterocycles. The van der Waals surface area contributed by atoms with Crippen molar-refractivity contribution in [1.82, 2.24) is 15.1 Å². The molecule has 1 heterocycles. The number of likely N-dealkylation sites (N-methyl/N-ethyl adjacent to an activating group) is 1. The van der Waals surface area contributed by atoms with E-state index in [1.807, 2.05) is 37.4 Å². The van der Waals surface area contributed by atoms with Gasteiger partial charge in [-0.3, -0.25) is 4.99 Å². The van der Waals surface area contributed by atoms with Gasteiger partial charge in [0.15, 0.2) is 17.5 Å². The average Bonchev–Trinajstić information content (AvgIpc) is 2.82. The second-order valence-corrected chi connectivity index (χ2v) is 7.98. The zero-order valence-electron chi connectivity index (χ0n) is 20.1. The molecule has 2 aromatic carbocycles.